The summed E-state index contributed by atoms with van der Waals surface area (Å²) < 4.78 is 10.5. The maximum atomic E-state index is 12.3. The van der Waals surface area contributed by atoms with E-state index in [0.717, 1.165) is 4.88 Å². The Morgan fingerprint density at radius 1 is 1.44 bits per heavy atom. The minimum Gasteiger partial charge on any atom is -0.496 e. The Kier molecular flexibility index (Phi) is 4.75. The highest BCUT2D eigenvalue weighted by atomic mass is 32.1. The summed E-state index contributed by atoms with van der Waals surface area (Å²) >= 11 is 1.50. The molecule has 0 radical (unpaired) electrons. The van der Waals surface area contributed by atoms with Crippen molar-refractivity contribution in [3.8, 4) is 16.5 Å². The number of benzene rings is 1. The van der Waals surface area contributed by atoms with Crippen molar-refractivity contribution >= 4 is 22.9 Å². The Balaban J connectivity index is 1.72. The van der Waals surface area contributed by atoms with Crippen LogP contribution in [0.25, 0.3) is 10.8 Å². The van der Waals surface area contributed by atoms with E-state index in [1.807, 2.05) is 17.5 Å². The first-order valence-electron chi connectivity index (χ1n) is 7.17. The quantitative estimate of drug-likeness (QED) is 0.535. The lowest BCUT2D eigenvalue weighted by Gasteiger charge is -2.08. The van der Waals surface area contributed by atoms with E-state index in [1.54, 1.807) is 0 Å². The molecule has 0 saturated carbocycles. The SMILES string of the molecule is COc1ccc([N+](=O)[O-])cc1C(=O)NCc1coc(-c2cccs2)n1. The van der Waals surface area contributed by atoms with Gasteiger partial charge in [0.1, 0.15) is 12.0 Å². The smallest absolute Gasteiger partial charge is 0.270 e. The van der Waals surface area contributed by atoms with E-state index in [-0.39, 0.29) is 23.5 Å². The normalized spacial score (nSPS) is 10.4. The number of aromatic nitrogens is 1. The first-order valence-corrected chi connectivity index (χ1v) is 8.05. The predicted octanol–water partition coefficient (Wildman–Crippen LogP) is 3.25. The van der Waals surface area contributed by atoms with Crippen LogP contribution in [0.4, 0.5) is 5.69 Å². The van der Waals surface area contributed by atoms with Crippen molar-refractivity contribution in [3.05, 3.63) is 63.3 Å². The molecule has 0 aliphatic heterocycles. The first kappa shape index (κ1) is 16.7. The summed E-state index contributed by atoms with van der Waals surface area (Å²) in [5.74, 6) is 0.232. The molecule has 0 atom stereocenters. The Labute approximate surface area is 146 Å². The number of nitrogens with zero attached hydrogens (tertiary/aromatic N) is 2. The van der Waals surface area contributed by atoms with Crippen LogP contribution in [0, 0.1) is 10.1 Å². The van der Waals surface area contributed by atoms with Crippen LogP contribution in [-0.2, 0) is 6.54 Å². The highest BCUT2D eigenvalue weighted by molar-refractivity contribution is 7.13. The number of thiophene rings is 1. The number of rotatable bonds is 6. The number of carbonyl (C=O) groups is 1. The second kappa shape index (κ2) is 7.14. The summed E-state index contributed by atoms with van der Waals surface area (Å²) in [5.41, 5.74) is 0.437. The molecule has 128 valence electrons. The van der Waals surface area contributed by atoms with Crippen LogP contribution in [0.1, 0.15) is 16.1 Å². The van der Waals surface area contributed by atoms with Crippen molar-refractivity contribution in [2.45, 2.75) is 6.54 Å². The van der Waals surface area contributed by atoms with E-state index < -0.39 is 10.8 Å². The van der Waals surface area contributed by atoms with Gasteiger partial charge in [0.2, 0.25) is 5.89 Å². The van der Waals surface area contributed by atoms with Crippen molar-refractivity contribution in [1.82, 2.24) is 10.3 Å². The summed E-state index contributed by atoms with van der Waals surface area (Å²) in [6.45, 7) is 0.125. The number of nitro benzene ring substituents is 1. The van der Waals surface area contributed by atoms with E-state index in [1.165, 1.54) is 42.9 Å². The number of hydrogen-bond donors (Lipinski definition) is 1. The largest absolute Gasteiger partial charge is 0.496 e. The van der Waals surface area contributed by atoms with E-state index in [4.69, 9.17) is 9.15 Å². The number of methoxy groups -OCH3 is 1. The molecule has 0 unspecified atom stereocenters. The van der Waals surface area contributed by atoms with Crippen LogP contribution in [0.5, 0.6) is 5.75 Å². The molecule has 0 spiro atoms. The maximum Gasteiger partial charge on any atom is 0.270 e. The van der Waals surface area contributed by atoms with Gasteiger partial charge in [0.05, 0.1) is 34.7 Å². The molecule has 0 aliphatic rings. The van der Waals surface area contributed by atoms with Gasteiger partial charge in [-0.1, -0.05) is 6.07 Å². The van der Waals surface area contributed by atoms with Gasteiger partial charge in [-0.3, -0.25) is 14.9 Å². The van der Waals surface area contributed by atoms with E-state index in [2.05, 4.69) is 10.3 Å². The molecular formula is C16H13N3O5S. The van der Waals surface area contributed by atoms with Gasteiger partial charge in [-0.2, -0.15) is 0 Å². The van der Waals surface area contributed by atoms with Crippen molar-refractivity contribution in [1.29, 1.82) is 0 Å². The lowest BCUT2D eigenvalue weighted by Crippen LogP contribution is -2.23. The number of oxazole rings is 1. The van der Waals surface area contributed by atoms with Gasteiger partial charge in [-0.25, -0.2) is 4.98 Å². The Bertz CT molecular complexity index is 904. The molecule has 2 aromatic heterocycles. The van der Waals surface area contributed by atoms with Gasteiger partial charge < -0.3 is 14.5 Å². The zero-order valence-electron chi connectivity index (χ0n) is 13.1. The third kappa shape index (κ3) is 3.66. The number of nitro groups is 1. The summed E-state index contributed by atoms with van der Waals surface area (Å²) in [7, 11) is 1.39. The number of hydrogen-bond acceptors (Lipinski definition) is 7. The highest BCUT2D eigenvalue weighted by Gasteiger charge is 2.18. The number of amides is 1. The van der Waals surface area contributed by atoms with Crippen molar-refractivity contribution in [2.75, 3.05) is 7.11 Å². The summed E-state index contributed by atoms with van der Waals surface area (Å²) in [5, 5.41) is 15.4. The zero-order chi connectivity index (χ0) is 17.8. The summed E-state index contributed by atoms with van der Waals surface area (Å²) in [6, 6.07) is 7.61. The molecule has 1 aromatic carbocycles. The van der Waals surface area contributed by atoms with Crippen LogP contribution in [0.3, 0.4) is 0 Å². The lowest BCUT2D eigenvalue weighted by atomic mass is 10.1. The number of non-ortho nitro benzene ring substituents is 1. The third-order valence-corrected chi connectivity index (χ3v) is 4.21. The van der Waals surface area contributed by atoms with Crippen LogP contribution in [0.15, 0.2) is 46.4 Å². The molecule has 25 heavy (non-hydrogen) atoms. The fraction of sp³-hybridized carbons (Fsp3) is 0.125. The van der Waals surface area contributed by atoms with E-state index in [0.29, 0.717) is 11.6 Å². The molecule has 3 aromatic rings. The molecule has 9 heteroatoms. The minimum atomic E-state index is -0.568. The standard InChI is InChI=1S/C16H13N3O5S/c1-23-13-5-4-11(19(21)22)7-12(13)15(20)17-8-10-9-24-16(18-10)14-3-2-6-25-14/h2-7,9H,8H2,1H3,(H,17,20). The van der Waals surface area contributed by atoms with E-state index in [9.17, 15) is 14.9 Å². The second-order valence-corrected chi connectivity index (χ2v) is 5.89. The van der Waals surface area contributed by atoms with Gasteiger partial charge in [0.15, 0.2) is 0 Å². The lowest BCUT2D eigenvalue weighted by molar-refractivity contribution is -0.384. The average Bonchev–Trinajstić information content (AvgIpc) is 3.30. The maximum absolute atomic E-state index is 12.3. The zero-order valence-corrected chi connectivity index (χ0v) is 13.9. The number of ether oxygens (including phenoxy) is 1. The van der Waals surface area contributed by atoms with Crippen molar-refractivity contribution in [3.63, 3.8) is 0 Å². The Hall–Kier alpha value is -3.20. The fourth-order valence-electron chi connectivity index (χ4n) is 2.15. The first-order chi connectivity index (χ1) is 12.1. The minimum absolute atomic E-state index is 0.0821. The van der Waals surface area contributed by atoms with Crippen LogP contribution >= 0.6 is 11.3 Å². The average molecular weight is 359 g/mol. The number of carbonyl (C=O) groups excluding carboxylic acids is 1. The molecule has 1 N–H and O–H groups in total. The molecule has 2 heterocycles. The van der Waals surface area contributed by atoms with Crippen LogP contribution in [0.2, 0.25) is 0 Å². The second-order valence-electron chi connectivity index (χ2n) is 4.95. The topological polar surface area (TPSA) is 108 Å². The molecule has 0 saturated heterocycles. The summed E-state index contributed by atoms with van der Waals surface area (Å²) in [6.07, 6.45) is 1.46. The van der Waals surface area contributed by atoms with Gasteiger partial charge in [0, 0.05) is 12.1 Å². The molecule has 8 nitrogen and oxygen atoms in total. The van der Waals surface area contributed by atoms with Gasteiger partial charge >= 0.3 is 0 Å². The molecule has 3 rings (SSSR count). The summed E-state index contributed by atoms with van der Waals surface area (Å²) in [4.78, 5) is 27.8. The molecular weight excluding hydrogens is 346 g/mol. The molecule has 1 amide bonds. The van der Waals surface area contributed by atoms with Crippen molar-refractivity contribution < 1.29 is 18.9 Å². The van der Waals surface area contributed by atoms with Crippen LogP contribution in [-0.4, -0.2) is 22.9 Å². The Morgan fingerprint density at radius 3 is 2.96 bits per heavy atom. The van der Waals surface area contributed by atoms with E-state index >= 15 is 0 Å². The fourth-order valence-corrected chi connectivity index (χ4v) is 2.81. The Morgan fingerprint density at radius 2 is 2.28 bits per heavy atom. The third-order valence-electron chi connectivity index (χ3n) is 3.35. The van der Waals surface area contributed by atoms with Gasteiger partial charge in [-0.15, -0.1) is 11.3 Å². The number of nitrogens with one attached hydrogen (secondary N) is 1. The van der Waals surface area contributed by atoms with Gasteiger partial charge in [0.25, 0.3) is 11.6 Å². The molecule has 0 aliphatic carbocycles. The molecule has 0 fully saturated rings. The highest BCUT2D eigenvalue weighted by Crippen LogP contribution is 2.25. The molecule has 0 bridgehead atoms. The van der Waals surface area contributed by atoms with Crippen molar-refractivity contribution in [2.24, 2.45) is 0 Å². The van der Waals surface area contributed by atoms with Gasteiger partial charge in [-0.05, 0) is 17.5 Å². The monoisotopic (exact) mass is 359 g/mol. The van der Waals surface area contributed by atoms with Crippen LogP contribution < -0.4 is 10.1 Å². The predicted molar refractivity (Wildman–Crippen MR) is 90.6 cm³/mol.